The first kappa shape index (κ1) is 54.5. The second-order valence-corrected chi connectivity index (χ2v) is 17.8. The summed E-state index contributed by atoms with van der Waals surface area (Å²) in [6.45, 7) is 4.13. The maximum atomic E-state index is 12.9. The van der Waals surface area contributed by atoms with Gasteiger partial charge in [-0.05, 0) is 32.1 Å². The molecule has 2 atom stereocenters. The third kappa shape index (κ3) is 25.0. The van der Waals surface area contributed by atoms with Crippen LogP contribution >= 0.6 is 0 Å². The van der Waals surface area contributed by atoms with Gasteiger partial charge in [-0.25, -0.2) is 9.97 Å². The third-order valence-corrected chi connectivity index (χ3v) is 12.1. The number of hydrogen-bond acceptors (Lipinski definition) is 12. The highest BCUT2D eigenvalue weighted by Gasteiger charge is 2.29. The summed E-state index contributed by atoms with van der Waals surface area (Å²) in [6.07, 6.45) is 34.7. The molecule has 364 valence electrons. The number of rotatable bonds is 40. The van der Waals surface area contributed by atoms with Gasteiger partial charge >= 0.3 is 23.9 Å². The van der Waals surface area contributed by atoms with E-state index >= 15 is 0 Å². The molecular weight excluding hydrogens is 817 g/mol. The van der Waals surface area contributed by atoms with E-state index in [4.69, 9.17) is 23.7 Å². The van der Waals surface area contributed by atoms with Crippen molar-refractivity contribution in [2.24, 2.45) is 0 Å². The van der Waals surface area contributed by atoms with E-state index in [9.17, 15) is 24.0 Å². The van der Waals surface area contributed by atoms with Gasteiger partial charge in [0.1, 0.15) is 26.0 Å². The van der Waals surface area contributed by atoms with Crippen LogP contribution in [0, 0.1) is 0 Å². The summed E-state index contributed by atoms with van der Waals surface area (Å²) in [5, 5.41) is 0. The van der Waals surface area contributed by atoms with Crippen LogP contribution in [0.5, 0.6) is 0 Å². The van der Waals surface area contributed by atoms with E-state index < -0.39 is 18.0 Å². The number of ether oxygens (including phenoxy) is 5. The zero-order valence-electron chi connectivity index (χ0n) is 39.8. The predicted octanol–water partition coefficient (Wildman–Crippen LogP) is 11.5. The lowest BCUT2D eigenvalue weighted by atomic mass is 10.0. The average molecular weight is 901 g/mol. The maximum absolute atomic E-state index is 12.9. The SMILES string of the molecule is CCCCCCCCCCCCCCCC(=O)OCC(COC(=O)CCCCCCCCCCCCCCC)OC(=O)CCCC(=O)OC[C@@H]1CC[C@H](n2cnc3c(=O)[nH]cnc32)O1. The van der Waals surface area contributed by atoms with Crippen LogP contribution in [-0.4, -0.2) is 75.4 Å². The van der Waals surface area contributed by atoms with Crippen molar-refractivity contribution < 1.29 is 42.9 Å². The molecule has 0 spiro atoms. The standard InChI is InChI=1S/C50H84N4O10/c1-3-5-7-9-11-13-15-17-19-21-23-25-27-30-44(55)61-37-42(38-62-45(56)31-28-26-24-22-20-18-16-14-12-10-8-6-4-2)64-47(58)33-29-32-46(57)60-36-41-34-35-43(63-41)54-40-53-48-49(54)51-39-52-50(48)59/h39-43H,3-38H2,1-2H3,(H,51,52,59)/t41-,43+/m0/s1. The molecule has 3 rings (SSSR count). The molecule has 14 heteroatoms. The minimum atomic E-state index is -0.945. The lowest BCUT2D eigenvalue weighted by molar-refractivity contribution is -0.167. The van der Waals surface area contributed by atoms with Crippen LogP contribution < -0.4 is 5.56 Å². The Morgan fingerprint density at radius 1 is 0.594 bits per heavy atom. The number of aromatic nitrogens is 4. The summed E-state index contributed by atoms with van der Waals surface area (Å²) in [5.74, 6) is -1.79. The Labute approximate surface area is 383 Å². The Kier molecular flexibility index (Phi) is 30.2. The second-order valence-electron chi connectivity index (χ2n) is 17.8. The molecule has 3 heterocycles. The number of fused-ring (bicyclic) bond motifs is 1. The highest BCUT2D eigenvalue weighted by atomic mass is 16.6. The van der Waals surface area contributed by atoms with Gasteiger partial charge in [-0.1, -0.05) is 168 Å². The molecule has 2 aromatic heterocycles. The van der Waals surface area contributed by atoms with Crippen LogP contribution in [-0.2, 0) is 42.9 Å². The monoisotopic (exact) mass is 901 g/mol. The Balaban J connectivity index is 1.31. The normalized spacial score (nSPS) is 14.9. The van der Waals surface area contributed by atoms with Crippen molar-refractivity contribution in [2.75, 3.05) is 19.8 Å². The van der Waals surface area contributed by atoms with Crippen molar-refractivity contribution in [3.63, 3.8) is 0 Å². The Morgan fingerprint density at radius 2 is 1.03 bits per heavy atom. The Morgan fingerprint density at radius 3 is 1.53 bits per heavy atom. The average Bonchev–Trinajstić information content (AvgIpc) is 3.95. The van der Waals surface area contributed by atoms with Crippen molar-refractivity contribution in [2.45, 2.75) is 244 Å². The molecule has 1 aliphatic rings. The predicted molar refractivity (Wildman–Crippen MR) is 249 cm³/mol. The van der Waals surface area contributed by atoms with Crippen LogP contribution in [0.25, 0.3) is 11.2 Å². The number of nitrogens with one attached hydrogen (secondary N) is 1. The number of carbonyl (C=O) groups excluding carboxylic acids is 4. The van der Waals surface area contributed by atoms with Gasteiger partial charge in [0.25, 0.3) is 5.56 Å². The van der Waals surface area contributed by atoms with Crippen molar-refractivity contribution in [1.82, 2.24) is 19.5 Å². The fraction of sp³-hybridized carbons (Fsp3) is 0.820. The summed E-state index contributed by atoms with van der Waals surface area (Å²) in [4.78, 5) is 73.5. The summed E-state index contributed by atoms with van der Waals surface area (Å²) in [5.41, 5.74) is 0.324. The number of aromatic amines is 1. The molecule has 0 radical (unpaired) electrons. The van der Waals surface area contributed by atoms with E-state index in [2.05, 4.69) is 28.8 Å². The molecule has 14 nitrogen and oxygen atoms in total. The molecule has 0 unspecified atom stereocenters. The van der Waals surface area contributed by atoms with Crippen molar-refractivity contribution in [3.05, 3.63) is 23.0 Å². The summed E-state index contributed by atoms with van der Waals surface area (Å²) in [7, 11) is 0. The van der Waals surface area contributed by atoms with E-state index in [1.165, 1.54) is 141 Å². The molecule has 1 N–H and O–H groups in total. The fourth-order valence-electron chi connectivity index (χ4n) is 8.17. The van der Waals surface area contributed by atoms with Crippen molar-refractivity contribution in [3.8, 4) is 0 Å². The van der Waals surface area contributed by atoms with Gasteiger partial charge in [-0.15, -0.1) is 0 Å². The van der Waals surface area contributed by atoms with Gasteiger partial charge in [-0.2, -0.15) is 0 Å². The quantitative estimate of drug-likeness (QED) is 0.0381. The molecule has 64 heavy (non-hydrogen) atoms. The minimum Gasteiger partial charge on any atom is -0.463 e. The van der Waals surface area contributed by atoms with E-state index in [0.717, 1.165) is 38.5 Å². The summed E-state index contributed by atoms with van der Waals surface area (Å²) < 4.78 is 29.8. The molecule has 1 saturated heterocycles. The highest BCUT2D eigenvalue weighted by Crippen LogP contribution is 2.30. The number of carbonyl (C=O) groups is 4. The molecular formula is C50H84N4O10. The van der Waals surface area contributed by atoms with Crippen LogP contribution in [0.4, 0.5) is 0 Å². The molecule has 0 aromatic carbocycles. The van der Waals surface area contributed by atoms with Gasteiger partial charge in [0.05, 0.1) is 18.8 Å². The zero-order chi connectivity index (χ0) is 45.9. The zero-order valence-corrected chi connectivity index (χ0v) is 39.8. The topological polar surface area (TPSA) is 178 Å². The van der Waals surface area contributed by atoms with Crippen LogP contribution in [0.2, 0.25) is 0 Å². The van der Waals surface area contributed by atoms with Gasteiger partial charge in [-0.3, -0.25) is 28.5 Å². The lowest BCUT2D eigenvalue weighted by Crippen LogP contribution is -2.31. The van der Waals surface area contributed by atoms with E-state index in [-0.39, 0.29) is 87.3 Å². The molecule has 0 aliphatic carbocycles. The summed E-state index contributed by atoms with van der Waals surface area (Å²) >= 11 is 0. The number of unbranched alkanes of at least 4 members (excludes halogenated alkanes) is 24. The third-order valence-electron chi connectivity index (χ3n) is 12.1. The van der Waals surface area contributed by atoms with Gasteiger partial charge in [0.15, 0.2) is 17.3 Å². The Hall–Kier alpha value is -3.81. The van der Waals surface area contributed by atoms with Gasteiger partial charge in [0, 0.05) is 25.7 Å². The number of esters is 4. The van der Waals surface area contributed by atoms with Crippen molar-refractivity contribution in [1.29, 1.82) is 0 Å². The lowest BCUT2D eigenvalue weighted by Gasteiger charge is -2.18. The fourth-order valence-corrected chi connectivity index (χ4v) is 8.17. The molecule has 0 bridgehead atoms. The van der Waals surface area contributed by atoms with Crippen molar-refractivity contribution >= 4 is 35.0 Å². The van der Waals surface area contributed by atoms with Crippen LogP contribution in [0.1, 0.15) is 232 Å². The van der Waals surface area contributed by atoms with Crippen LogP contribution in [0.15, 0.2) is 17.4 Å². The molecule has 1 aliphatic heterocycles. The first-order chi connectivity index (χ1) is 31.3. The first-order valence-electron chi connectivity index (χ1n) is 25.5. The Bertz CT molecular complexity index is 1570. The smallest absolute Gasteiger partial charge is 0.306 e. The van der Waals surface area contributed by atoms with E-state index in [0.29, 0.717) is 18.5 Å². The van der Waals surface area contributed by atoms with E-state index in [1.807, 2.05) is 0 Å². The first-order valence-corrected chi connectivity index (χ1v) is 25.5. The highest BCUT2D eigenvalue weighted by molar-refractivity contribution is 5.73. The number of nitrogens with zero attached hydrogens (tertiary/aromatic N) is 3. The number of imidazole rings is 1. The van der Waals surface area contributed by atoms with Crippen LogP contribution in [0.3, 0.4) is 0 Å². The summed E-state index contributed by atoms with van der Waals surface area (Å²) in [6, 6.07) is 0. The van der Waals surface area contributed by atoms with Gasteiger partial charge < -0.3 is 28.7 Å². The number of hydrogen-bond donors (Lipinski definition) is 1. The second kappa shape index (κ2) is 35.5. The maximum Gasteiger partial charge on any atom is 0.306 e. The molecule has 2 aromatic rings. The number of H-pyrrole nitrogens is 1. The van der Waals surface area contributed by atoms with Gasteiger partial charge in [0.2, 0.25) is 0 Å². The minimum absolute atomic E-state index is 0.00298. The molecule has 0 saturated carbocycles. The molecule has 0 amide bonds. The largest absolute Gasteiger partial charge is 0.463 e. The van der Waals surface area contributed by atoms with E-state index in [1.54, 1.807) is 4.57 Å². The molecule has 1 fully saturated rings.